The predicted molar refractivity (Wildman–Crippen MR) is 74.3 cm³/mol. The van der Waals surface area contributed by atoms with Gasteiger partial charge < -0.3 is 10.4 Å². The van der Waals surface area contributed by atoms with Crippen LogP contribution >= 0.6 is 15.9 Å². The first-order chi connectivity index (χ1) is 9.22. The molecule has 1 heterocycles. The van der Waals surface area contributed by atoms with E-state index >= 15 is 0 Å². The Labute approximate surface area is 123 Å². The van der Waals surface area contributed by atoms with E-state index in [4.69, 9.17) is 5.11 Å². The van der Waals surface area contributed by atoms with Gasteiger partial charge in [-0.25, -0.2) is 9.59 Å². The third kappa shape index (κ3) is 2.53. The Balaban J connectivity index is 2.25. The summed E-state index contributed by atoms with van der Waals surface area (Å²) in [6, 6.07) is 4.02. The van der Waals surface area contributed by atoms with Gasteiger partial charge in [-0.15, -0.1) is 0 Å². The number of amides is 3. The van der Waals surface area contributed by atoms with E-state index in [0.29, 0.717) is 10.0 Å². The summed E-state index contributed by atoms with van der Waals surface area (Å²) < 4.78 is 0.544. The quantitative estimate of drug-likeness (QED) is 0.823. The van der Waals surface area contributed by atoms with Gasteiger partial charge in [-0.05, 0) is 31.5 Å². The predicted octanol–water partition coefficient (Wildman–Crippen LogP) is 1.98. The monoisotopic (exact) mass is 340 g/mol. The number of benzene rings is 1. The van der Waals surface area contributed by atoms with Crippen molar-refractivity contribution in [2.45, 2.75) is 25.9 Å². The van der Waals surface area contributed by atoms with E-state index in [1.165, 1.54) is 12.1 Å². The Morgan fingerprint density at radius 2 is 2.05 bits per heavy atom. The van der Waals surface area contributed by atoms with Crippen LogP contribution in [0.1, 0.15) is 29.8 Å². The normalized spacial score (nSPS) is 17.2. The highest BCUT2D eigenvalue weighted by molar-refractivity contribution is 9.10. The molecule has 0 bridgehead atoms. The van der Waals surface area contributed by atoms with Crippen molar-refractivity contribution in [2.24, 2.45) is 0 Å². The van der Waals surface area contributed by atoms with Crippen molar-refractivity contribution in [3.05, 3.63) is 33.8 Å². The van der Waals surface area contributed by atoms with Crippen LogP contribution < -0.4 is 5.32 Å². The van der Waals surface area contributed by atoms with Crippen molar-refractivity contribution in [1.82, 2.24) is 10.2 Å². The van der Waals surface area contributed by atoms with Crippen LogP contribution in [-0.2, 0) is 11.3 Å². The maximum atomic E-state index is 12.1. The highest BCUT2D eigenvalue weighted by Gasteiger charge is 2.44. The zero-order chi connectivity index (χ0) is 15.1. The topological polar surface area (TPSA) is 86.7 Å². The second kappa shape index (κ2) is 4.90. The molecular formula is C13H13BrN2O4. The summed E-state index contributed by atoms with van der Waals surface area (Å²) in [4.78, 5) is 35.8. The van der Waals surface area contributed by atoms with E-state index in [-0.39, 0.29) is 18.0 Å². The number of carbonyl (C=O) groups excluding carboxylic acids is 2. The summed E-state index contributed by atoms with van der Waals surface area (Å²) in [5.74, 6) is -1.34. The fourth-order valence-electron chi connectivity index (χ4n) is 1.94. The van der Waals surface area contributed by atoms with Crippen molar-refractivity contribution >= 4 is 33.8 Å². The fourth-order valence-corrected chi connectivity index (χ4v) is 2.44. The Morgan fingerprint density at radius 1 is 1.40 bits per heavy atom. The van der Waals surface area contributed by atoms with Gasteiger partial charge in [0.25, 0.3) is 5.91 Å². The lowest BCUT2D eigenvalue weighted by molar-refractivity contribution is -0.130. The minimum absolute atomic E-state index is 0.0918. The summed E-state index contributed by atoms with van der Waals surface area (Å²) in [6.07, 6.45) is 0. The van der Waals surface area contributed by atoms with E-state index in [0.717, 1.165) is 4.90 Å². The number of aromatic carboxylic acids is 1. The largest absolute Gasteiger partial charge is 0.478 e. The minimum Gasteiger partial charge on any atom is -0.478 e. The molecule has 20 heavy (non-hydrogen) atoms. The number of hydrogen-bond donors (Lipinski definition) is 2. The Kier molecular flexibility index (Phi) is 3.56. The second-order valence-electron chi connectivity index (χ2n) is 5.06. The third-order valence-electron chi connectivity index (χ3n) is 3.07. The van der Waals surface area contributed by atoms with Crippen LogP contribution in [0.15, 0.2) is 22.7 Å². The highest BCUT2D eigenvalue weighted by atomic mass is 79.9. The molecule has 3 amide bonds. The van der Waals surface area contributed by atoms with E-state index < -0.39 is 17.5 Å². The molecule has 0 radical (unpaired) electrons. The number of urea groups is 1. The molecule has 1 aromatic rings. The Bertz CT molecular complexity index is 612. The number of nitrogens with one attached hydrogen (secondary N) is 1. The van der Waals surface area contributed by atoms with Crippen molar-refractivity contribution in [1.29, 1.82) is 0 Å². The molecule has 0 spiro atoms. The molecule has 106 valence electrons. The number of halogens is 1. The average molecular weight is 341 g/mol. The number of nitrogens with zero attached hydrogens (tertiary/aromatic N) is 1. The maximum Gasteiger partial charge on any atom is 0.335 e. The van der Waals surface area contributed by atoms with Crippen LogP contribution in [0.4, 0.5) is 4.79 Å². The summed E-state index contributed by atoms with van der Waals surface area (Å²) in [6.45, 7) is 3.36. The lowest BCUT2D eigenvalue weighted by atomic mass is 10.1. The first-order valence-corrected chi connectivity index (χ1v) is 6.67. The van der Waals surface area contributed by atoms with Crippen LogP contribution in [0, 0.1) is 0 Å². The van der Waals surface area contributed by atoms with Crippen molar-refractivity contribution in [3.63, 3.8) is 0 Å². The molecule has 1 fully saturated rings. The first-order valence-electron chi connectivity index (χ1n) is 5.88. The van der Waals surface area contributed by atoms with Gasteiger partial charge in [-0.2, -0.15) is 0 Å². The zero-order valence-electron chi connectivity index (χ0n) is 10.9. The summed E-state index contributed by atoms with van der Waals surface area (Å²) in [5.41, 5.74) is -0.112. The van der Waals surface area contributed by atoms with E-state index in [2.05, 4.69) is 21.2 Å². The summed E-state index contributed by atoms with van der Waals surface area (Å²) in [7, 11) is 0. The molecule has 1 aliphatic heterocycles. The van der Waals surface area contributed by atoms with Crippen LogP contribution in [0.5, 0.6) is 0 Å². The van der Waals surface area contributed by atoms with Crippen LogP contribution in [-0.4, -0.2) is 33.5 Å². The lowest BCUT2D eigenvalue weighted by Crippen LogP contribution is -2.40. The minimum atomic E-state index is -1.03. The van der Waals surface area contributed by atoms with Crippen molar-refractivity contribution in [3.8, 4) is 0 Å². The fraction of sp³-hybridized carbons (Fsp3) is 0.308. The van der Waals surface area contributed by atoms with Gasteiger partial charge in [0.1, 0.15) is 5.54 Å². The van der Waals surface area contributed by atoms with Gasteiger partial charge in [-0.1, -0.05) is 22.0 Å². The molecule has 0 aliphatic carbocycles. The van der Waals surface area contributed by atoms with E-state index in [1.807, 2.05) is 0 Å². The average Bonchev–Trinajstić information content (AvgIpc) is 2.53. The SMILES string of the molecule is CC1(C)NC(=O)N(Cc2ccc(C(=O)O)cc2Br)C1=O. The van der Waals surface area contributed by atoms with Crippen molar-refractivity contribution < 1.29 is 19.5 Å². The molecule has 1 aromatic carbocycles. The van der Waals surface area contributed by atoms with E-state index in [1.54, 1.807) is 19.9 Å². The molecule has 0 atom stereocenters. The number of imide groups is 1. The number of rotatable bonds is 3. The standard InChI is InChI=1S/C13H13BrN2O4/c1-13(2)11(19)16(12(20)15-13)6-8-4-3-7(10(17)18)5-9(8)14/h3-5H,6H2,1-2H3,(H,15,20)(H,17,18). The van der Waals surface area contributed by atoms with Crippen molar-refractivity contribution in [2.75, 3.05) is 0 Å². The first kappa shape index (κ1) is 14.5. The van der Waals surface area contributed by atoms with Gasteiger partial charge in [0, 0.05) is 4.47 Å². The van der Waals surface area contributed by atoms with Gasteiger partial charge in [0.2, 0.25) is 0 Å². The molecule has 1 aliphatic rings. The van der Waals surface area contributed by atoms with Gasteiger partial charge in [0.15, 0.2) is 0 Å². The molecule has 0 saturated carbocycles. The van der Waals surface area contributed by atoms with E-state index in [9.17, 15) is 14.4 Å². The second-order valence-corrected chi connectivity index (χ2v) is 5.91. The number of carbonyl (C=O) groups is 3. The molecule has 2 N–H and O–H groups in total. The zero-order valence-corrected chi connectivity index (χ0v) is 12.5. The van der Waals surface area contributed by atoms with Gasteiger partial charge in [-0.3, -0.25) is 9.69 Å². The van der Waals surface area contributed by atoms with Crippen LogP contribution in [0.3, 0.4) is 0 Å². The summed E-state index contributed by atoms with van der Waals surface area (Å²) in [5, 5.41) is 11.5. The van der Waals surface area contributed by atoms with Crippen LogP contribution in [0.2, 0.25) is 0 Å². The summed E-state index contributed by atoms with van der Waals surface area (Å²) >= 11 is 3.26. The smallest absolute Gasteiger partial charge is 0.335 e. The molecular weight excluding hydrogens is 328 g/mol. The number of carboxylic acid groups (broad SMARTS) is 1. The molecule has 2 rings (SSSR count). The van der Waals surface area contributed by atoms with Gasteiger partial charge >= 0.3 is 12.0 Å². The molecule has 6 nitrogen and oxygen atoms in total. The molecule has 0 unspecified atom stereocenters. The molecule has 1 saturated heterocycles. The third-order valence-corrected chi connectivity index (χ3v) is 3.81. The Morgan fingerprint density at radius 3 is 2.50 bits per heavy atom. The highest BCUT2D eigenvalue weighted by Crippen LogP contribution is 2.24. The number of hydrogen-bond acceptors (Lipinski definition) is 3. The Hall–Kier alpha value is -1.89. The molecule has 7 heteroatoms. The van der Waals surface area contributed by atoms with Gasteiger partial charge in [0.05, 0.1) is 12.1 Å². The maximum absolute atomic E-state index is 12.1. The lowest BCUT2D eigenvalue weighted by Gasteiger charge is -2.16. The van der Waals surface area contributed by atoms with Crippen LogP contribution in [0.25, 0.3) is 0 Å². The number of carboxylic acids is 1. The molecule has 0 aromatic heterocycles.